The second-order valence-electron chi connectivity index (χ2n) is 7.74. The van der Waals surface area contributed by atoms with E-state index < -0.39 is 0 Å². The highest BCUT2D eigenvalue weighted by atomic mass is 32.1. The first-order valence-corrected chi connectivity index (χ1v) is 11.3. The number of carbonyl (C=O) groups is 2. The molecule has 0 aliphatic carbocycles. The smallest absolute Gasteiger partial charge is 0.254 e. The van der Waals surface area contributed by atoms with Gasteiger partial charge in [-0.05, 0) is 30.5 Å². The van der Waals surface area contributed by atoms with Gasteiger partial charge in [-0.2, -0.15) is 0 Å². The van der Waals surface area contributed by atoms with E-state index in [0.717, 1.165) is 30.9 Å². The fourth-order valence-electron chi connectivity index (χ4n) is 3.96. The highest BCUT2D eigenvalue weighted by molar-refractivity contribution is 7.12. The molecule has 1 amide bonds. The van der Waals surface area contributed by atoms with Crippen LogP contribution in [0.4, 0.5) is 0 Å². The molecule has 160 valence electrons. The van der Waals surface area contributed by atoms with Gasteiger partial charge in [0.15, 0.2) is 0 Å². The zero-order valence-corrected chi connectivity index (χ0v) is 18.7. The fraction of sp³-hybridized carbons (Fsp3) is 0.280. The molecule has 0 saturated carbocycles. The van der Waals surface area contributed by atoms with Crippen molar-refractivity contribution >= 4 is 23.0 Å². The van der Waals surface area contributed by atoms with Gasteiger partial charge in [-0.25, -0.2) is 0 Å². The molecule has 5 nitrogen and oxygen atoms in total. The minimum atomic E-state index is -0.0934. The predicted octanol–water partition coefficient (Wildman–Crippen LogP) is 4.25. The molecule has 0 N–H and O–H groups in total. The molecule has 1 aromatic heterocycles. The molecule has 1 saturated heterocycles. The number of thiophene rings is 1. The van der Waals surface area contributed by atoms with Crippen LogP contribution in [0.5, 0.6) is 5.75 Å². The van der Waals surface area contributed by atoms with Crippen molar-refractivity contribution in [1.29, 1.82) is 0 Å². The van der Waals surface area contributed by atoms with Gasteiger partial charge in [-0.15, -0.1) is 11.3 Å². The molecule has 0 radical (unpaired) electrons. The Bertz CT molecular complexity index is 1070. The van der Waals surface area contributed by atoms with Crippen LogP contribution in [-0.2, 0) is 6.54 Å². The van der Waals surface area contributed by atoms with Crippen LogP contribution < -0.4 is 4.74 Å². The minimum Gasteiger partial charge on any atom is -0.496 e. The third-order valence-electron chi connectivity index (χ3n) is 5.64. The van der Waals surface area contributed by atoms with E-state index in [9.17, 15) is 9.59 Å². The predicted molar refractivity (Wildman–Crippen MR) is 123 cm³/mol. The molecule has 6 heteroatoms. The number of aryl methyl sites for hydroxylation is 1. The number of hydrogen-bond acceptors (Lipinski definition) is 5. The number of methoxy groups -OCH3 is 1. The van der Waals surface area contributed by atoms with Gasteiger partial charge in [0.05, 0.1) is 17.6 Å². The first-order valence-electron chi connectivity index (χ1n) is 10.4. The molecular formula is C25H26N2O3S. The van der Waals surface area contributed by atoms with E-state index in [4.69, 9.17) is 4.74 Å². The van der Waals surface area contributed by atoms with Crippen molar-refractivity contribution in [3.8, 4) is 5.75 Å². The number of amides is 1. The Kier molecular flexibility index (Phi) is 6.49. The van der Waals surface area contributed by atoms with Crippen molar-refractivity contribution in [3.63, 3.8) is 0 Å². The Balaban J connectivity index is 1.44. The number of ketones is 1. The Morgan fingerprint density at radius 1 is 0.968 bits per heavy atom. The number of piperazine rings is 1. The lowest BCUT2D eigenvalue weighted by Crippen LogP contribution is -2.48. The normalized spacial score (nSPS) is 14.5. The van der Waals surface area contributed by atoms with E-state index in [1.807, 2.05) is 40.6 Å². The molecule has 4 rings (SSSR count). The Labute approximate surface area is 186 Å². The van der Waals surface area contributed by atoms with Gasteiger partial charge in [0, 0.05) is 43.9 Å². The van der Waals surface area contributed by atoms with Crippen molar-refractivity contribution in [2.24, 2.45) is 0 Å². The standard InChI is InChI=1S/C25H26N2O3S/c1-18-9-10-22(30-2)19(16-18)17-26-11-13-27(14-12-26)25(29)21-7-4-3-6-20(21)24(28)23-8-5-15-31-23/h3-10,15-16H,11-14,17H2,1-2H3. The van der Waals surface area contributed by atoms with Crippen LogP contribution >= 0.6 is 11.3 Å². The van der Waals surface area contributed by atoms with Crippen LogP contribution in [-0.4, -0.2) is 54.8 Å². The third-order valence-corrected chi connectivity index (χ3v) is 6.51. The molecule has 3 aromatic rings. The summed E-state index contributed by atoms with van der Waals surface area (Å²) in [6.45, 7) is 5.70. The highest BCUT2D eigenvalue weighted by Crippen LogP contribution is 2.23. The quantitative estimate of drug-likeness (QED) is 0.544. The van der Waals surface area contributed by atoms with Crippen LogP contribution in [0.3, 0.4) is 0 Å². The summed E-state index contributed by atoms with van der Waals surface area (Å²) in [6, 6.07) is 17.0. The summed E-state index contributed by atoms with van der Waals surface area (Å²) in [5.41, 5.74) is 3.32. The summed E-state index contributed by atoms with van der Waals surface area (Å²) in [6.07, 6.45) is 0. The van der Waals surface area contributed by atoms with E-state index in [1.165, 1.54) is 16.9 Å². The molecule has 2 aromatic carbocycles. The van der Waals surface area contributed by atoms with Gasteiger partial charge in [-0.1, -0.05) is 42.0 Å². The number of nitrogens with zero attached hydrogens (tertiary/aromatic N) is 2. The van der Waals surface area contributed by atoms with Gasteiger partial charge < -0.3 is 9.64 Å². The largest absolute Gasteiger partial charge is 0.496 e. The molecule has 0 atom stereocenters. The average Bonchev–Trinajstić information content (AvgIpc) is 3.34. The Hall–Kier alpha value is -2.96. The fourth-order valence-corrected chi connectivity index (χ4v) is 4.64. The van der Waals surface area contributed by atoms with Gasteiger partial charge in [-0.3, -0.25) is 14.5 Å². The number of ether oxygens (including phenoxy) is 1. The van der Waals surface area contributed by atoms with Crippen molar-refractivity contribution in [1.82, 2.24) is 9.80 Å². The number of benzene rings is 2. The first-order chi connectivity index (χ1) is 15.1. The minimum absolute atomic E-state index is 0.0757. The summed E-state index contributed by atoms with van der Waals surface area (Å²) in [7, 11) is 1.69. The summed E-state index contributed by atoms with van der Waals surface area (Å²) < 4.78 is 5.50. The van der Waals surface area contributed by atoms with Crippen LogP contribution in [0, 0.1) is 6.92 Å². The van der Waals surface area contributed by atoms with E-state index in [-0.39, 0.29) is 11.7 Å². The zero-order valence-electron chi connectivity index (χ0n) is 17.8. The Morgan fingerprint density at radius 2 is 1.71 bits per heavy atom. The monoisotopic (exact) mass is 434 g/mol. The molecule has 1 fully saturated rings. The lowest BCUT2D eigenvalue weighted by Gasteiger charge is -2.35. The van der Waals surface area contributed by atoms with Crippen LogP contribution in [0.25, 0.3) is 0 Å². The molecule has 0 unspecified atom stereocenters. The summed E-state index contributed by atoms with van der Waals surface area (Å²) in [4.78, 5) is 31.0. The van der Waals surface area contributed by atoms with Gasteiger partial charge in [0.1, 0.15) is 5.75 Å². The summed E-state index contributed by atoms with van der Waals surface area (Å²) in [5, 5.41) is 1.88. The third kappa shape index (κ3) is 4.70. The van der Waals surface area contributed by atoms with E-state index in [2.05, 4.69) is 17.9 Å². The van der Waals surface area contributed by atoms with Gasteiger partial charge >= 0.3 is 0 Å². The SMILES string of the molecule is COc1ccc(C)cc1CN1CCN(C(=O)c2ccccc2C(=O)c2cccs2)CC1. The van der Waals surface area contributed by atoms with Crippen molar-refractivity contribution in [3.05, 3.63) is 87.1 Å². The maximum Gasteiger partial charge on any atom is 0.254 e. The maximum absolute atomic E-state index is 13.2. The first kappa shape index (κ1) is 21.3. The summed E-state index contributed by atoms with van der Waals surface area (Å²) >= 11 is 1.40. The summed E-state index contributed by atoms with van der Waals surface area (Å²) in [5.74, 6) is 0.725. The number of rotatable bonds is 6. The lowest BCUT2D eigenvalue weighted by atomic mass is 10.0. The van der Waals surface area contributed by atoms with Crippen LogP contribution in [0.2, 0.25) is 0 Å². The zero-order chi connectivity index (χ0) is 21.8. The molecule has 0 spiro atoms. The lowest BCUT2D eigenvalue weighted by molar-refractivity contribution is 0.0624. The van der Waals surface area contributed by atoms with Gasteiger partial charge in [0.2, 0.25) is 5.78 Å². The molecule has 31 heavy (non-hydrogen) atoms. The van der Waals surface area contributed by atoms with E-state index >= 15 is 0 Å². The maximum atomic E-state index is 13.2. The van der Waals surface area contributed by atoms with Crippen LogP contribution in [0.15, 0.2) is 60.0 Å². The Morgan fingerprint density at radius 3 is 2.39 bits per heavy atom. The topological polar surface area (TPSA) is 49.9 Å². The second kappa shape index (κ2) is 9.45. The molecule has 1 aliphatic rings. The number of carbonyl (C=O) groups excluding carboxylic acids is 2. The second-order valence-corrected chi connectivity index (χ2v) is 8.68. The highest BCUT2D eigenvalue weighted by Gasteiger charge is 2.26. The van der Waals surface area contributed by atoms with Crippen molar-refractivity contribution in [2.45, 2.75) is 13.5 Å². The van der Waals surface area contributed by atoms with Crippen molar-refractivity contribution < 1.29 is 14.3 Å². The molecule has 0 bridgehead atoms. The van der Waals surface area contributed by atoms with E-state index in [0.29, 0.717) is 29.1 Å². The molecular weight excluding hydrogens is 408 g/mol. The van der Waals surface area contributed by atoms with Crippen molar-refractivity contribution in [2.75, 3.05) is 33.3 Å². The van der Waals surface area contributed by atoms with E-state index in [1.54, 1.807) is 25.3 Å². The number of hydrogen-bond donors (Lipinski definition) is 0. The average molecular weight is 435 g/mol. The van der Waals surface area contributed by atoms with Crippen LogP contribution in [0.1, 0.15) is 36.7 Å². The molecule has 1 aliphatic heterocycles. The van der Waals surface area contributed by atoms with Gasteiger partial charge in [0.25, 0.3) is 5.91 Å². The molecule has 2 heterocycles.